The summed E-state index contributed by atoms with van der Waals surface area (Å²) in [6.45, 7) is 3.20. The van der Waals surface area contributed by atoms with E-state index in [-0.39, 0.29) is 11.6 Å². The van der Waals surface area contributed by atoms with E-state index in [4.69, 9.17) is 11.6 Å². The van der Waals surface area contributed by atoms with Gasteiger partial charge in [0.05, 0.1) is 16.7 Å². The topological polar surface area (TPSA) is 81.6 Å². The van der Waals surface area contributed by atoms with Gasteiger partial charge < -0.3 is 19.2 Å². The van der Waals surface area contributed by atoms with Gasteiger partial charge in [-0.1, -0.05) is 17.7 Å². The summed E-state index contributed by atoms with van der Waals surface area (Å²) in [5.74, 6) is -1.08. The lowest BCUT2D eigenvalue weighted by Crippen LogP contribution is -2.44. The van der Waals surface area contributed by atoms with Crippen LogP contribution >= 0.6 is 11.6 Å². The molecule has 1 aliphatic heterocycles. The Bertz CT molecular complexity index is 1640. The smallest absolute Gasteiger partial charge is 0.278 e. The summed E-state index contributed by atoms with van der Waals surface area (Å²) in [5, 5.41) is 3.03. The number of aromatic amines is 1. The molecule has 2 N–H and O–H groups in total. The summed E-state index contributed by atoms with van der Waals surface area (Å²) >= 11 is 5.99. The molecule has 0 bridgehead atoms. The minimum Gasteiger partial charge on any atom is -0.366 e. The molecule has 1 saturated heterocycles. The maximum atomic E-state index is 14.4. The maximum absolute atomic E-state index is 14.4. The number of anilines is 2. The van der Waals surface area contributed by atoms with Crippen LogP contribution in [0.1, 0.15) is 10.5 Å². The number of hydrogen-bond acceptors (Lipinski definition) is 5. The summed E-state index contributed by atoms with van der Waals surface area (Å²) in [6.07, 6.45) is 2.81. The van der Waals surface area contributed by atoms with Crippen molar-refractivity contribution in [3.8, 4) is 11.1 Å². The van der Waals surface area contributed by atoms with Gasteiger partial charge in [-0.05, 0) is 48.5 Å². The highest BCUT2D eigenvalue weighted by Gasteiger charge is 2.21. The largest absolute Gasteiger partial charge is 0.366 e. The number of fused-ring (bicyclic) bond motifs is 2. The number of pyridine rings is 1. The van der Waals surface area contributed by atoms with Crippen molar-refractivity contribution in [3.05, 3.63) is 77.2 Å². The number of carbonyl (C=O) groups excluding carboxylic acids is 1. The van der Waals surface area contributed by atoms with Gasteiger partial charge in [0.2, 0.25) is 5.95 Å². The lowest BCUT2D eigenvalue weighted by molar-refractivity contribution is 0.102. The van der Waals surface area contributed by atoms with E-state index >= 15 is 0 Å². The zero-order valence-corrected chi connectivity index (χ0v) is 20.6. The lowest BCUT2D eigenvalue weighted by Gasteiger charge is -2.34. The molecule has 5 aromatic rings. The Hall–Kier alpha value is -4.02. The number of carbonyl (C=O) groups is 1. The van der Waals surface area contributed by atoms with E-state index in [1.54, 1.807) is 18.2 Å². The first kappa shape index (κ1) is 23.4. The average Bonchev–Trinajstić information content (AvgIpc) is 3.46. The average molecular weight is 522 g/mol. The first-order chi connectivity index (χ1) is 17.8. The number of amides is 1. The van der Waals surface area contributed by atoms with Crippen LogP contribution in [0.3, 0.4) is 0 Å². The molecular formula is C26H22ClF2N7O. The number of halogens is 3. The first-order valence-electron chi connectivity index (χ1n) is 11.7. The molecule has 11 heteroatoms. The van der Waals surface area contributed by atoms with Crippen molar-refractivity contribution in [2.24, 2.45) is 0 Å². The van der Waals surface area contributed by atoms with E-state index < -0.39 is 17.5 Å². The van der Waals surface area contributed by atoms with Crippen LogP contribution < -0.4 is 10.2 Å². The number of nitrogens with one attached hydrogen (secondary N) is 2. The Morgan fingerprint density at radius 2 is 1.78 bits per heavy atom. The molecular weight excluding hydrogens is 500 g/mol. The number of nitrogens with zero attached hydrogens (tertiary/aromatic N) is 5. The Morgan fingerprint density at radius 1 is 0.973 bits per heavy atom. The summed E-state index contributed by atoms with van der Waals surface area (Å²) < 4.78 is 29.7. The second-order valence-corrected chi connectivity index (χ2v) is 9.56. The third-order valence-corrected chi connectivity index (χ3v) is 6.70. The zero-order valence-electron chi connectivity index (χ0n) is 19.8. The molecule has 8 nitrogen and oxygen atoms in total. The number of likely N-dealkylation sites (N-methyl/N-ethyl adjacent to an activating group) is 1. The maximum Gasteiger partial charge on any atom is 0.278 e. The van der Waals surface area contributed by atoms with Gasteiger partial charge in [-0.3, -0.25) is 10.1 Å². The number of rotatable bonds is 4. The van der Waals surface area contributed by atoms with E-state index in [9.17, 15) is 13.6 Å². The van der Waals surface area contributed by atoms with Crippen molar-refractivity contribution in [2.75, 3.05) is 43.4 Å². The van der Waals surface area contributed by atoms with Crippen LogP contribution in [0, 0.1) is 11.6 Å². The predicted molar refractivity (Wildman–Crippen MR) is 139 cm³/mol. The molecule has 0 radical (unpaired) electrons. The highest BCUT2D eigenvalue weighted by molar-refractivity contribution is 6.30. The highest BCUT2D eigenvalue weighted by Crippen LogP contribution is 2.28. The molecule has 0 saturated carbocycles. The van der Waals surface area contributed by atoms with Crippen molar-refractivity contribution >= 4 is 45.8 Å². The molecule has 37 heavy (non-hydrogen) atoms. The minimum atomic E-state index is -0.482. The fourth-order valence-corrected chi connectivity index (χ4v) is 4.79. The molecule has 4 heterocycles. The van der Waals surface area contributed by atoms with E-state index in [1.165, 1.54) is 35.0 Å². The van der Waals surface area contributed by atoms with Crippen LogP contribution in [0.15, 0.2) is 54.9 Å². The molecule has 0 atom stereocenters. The fourth-order valence-electron chi connectivity index (χ4n) is 4.57. The number of piperazine rings is 1. The van der Waals surface area contributed by atoms with Gasteiger partial charge in [0.15, 0.2) is 5.65 Å². The molecule has 1 fully saturated rings. The van der Waals surface area contributed by atoms with Crippen LogP contribution in [-0.4, -0.2) is 63.4 Å². The second kappa shape index (κ2) is 9.13. The van der Waals surface area contributed by atoms with E-state index in [1.807, 2.05) is 13.1 Å². The Labute approximate surface area is 215 Å². The fraction of sp³-hybridized carbons (Fsp3) is 0.192. The molecule has 1 amide bonds. The highest BCUT2D eigenvalue weighted by atomic mass is 35.5. The van der Waals surface area contributed by atoms with Gasteiger partial charge in [-0.15, -0.1) is 0 Å². The number of imidazole rings is 2. The van der Waals surface area contributed by atoms with Crippen molar-refractivity contribution in [1.82, 2.24) is 24.3 Å². The molecule has 6 rings (SSSR count). The summed E-state index contributed by atoms with van der Waals surface area (Å²) in [6, 6.07) is 11.2. The van der Waals surface area contributed by atoms with Crippen LogP contribution in [0.4, 0.5) is 20.4 Å². The summed E-state index contributed by atoms with van der Waals surface area (Å²) in [4.78, 5) is 29.3. The number of benzene rings is 2. The van der Waals surface area contributed by atoms with Crippen molar-refractivity contribution in [1.29, 1.82) is 0 Å². The van der Waals surface area contributed by atoms with Crippen molar-refractivity contribution in [3.63, 3.8) is 0 Å². The van der Waals surface area contributed by atoms with Gasteiger partial charge in [0.25, 0.3) is 5.91 Å². The Balaban J connectivity index is 1.27. The van der Waals surface area contributed by atoms with E-state index in [2.05, 4.69) is 30.1 Å². The normalized spacial score (nSPS) is 14.5. The quantitative estimate of drug-likeness (QED) is 0.354. The van der Waals surface area contributed by atoms with Crippen LogP contribution in [0.5, 0.6) is 0 Å². The molecule has 3 aromatic heterocycles. The lowest BCUT2D eigenvalue weighted by atomic mass is 10.1. The minimum absolute atomic E-state index is 0.136. The van der Waals surface area contributed by atoms with E-state index in [0.29, 0.717) is 33.0 Å². The molecule has 0 spiro atoms. The molecule has 0 aliphatic carbocycles. The Morgan fingerprint density at radius 3 is 2.57 bits per heavy atom. The Kier molecular flexibility index (Phi) is 5.77. The van der Waals surface area contributed by atoms with Gasteiger partial charge in [-0.25, -0.2) is 18.7 Å². The van der Waals surface area contributed by atoms with Crippen molar-refractivity contribution in [2.45, 2.75) is 0 Å². The summed E-state index contributed by atoms with van der Waals surface area (Å²) in [7, 11) is 2.05. The van der Waals surface area contributed by atoms with Crippen LogP contribution in [-0.2, 0) is 0 Å². The predicted octanol–water partition coefficient (Wildman–Crippen LogP) is 4.81. The van der Waals surface area contributed by atoms with Gasteiger partial charge >= 0.3 is 0 Å². The third kappa shape index (κ3) is 4.61. The van der Waals surface area contributed by atoms with Crippen LogP contribution in [0.25, 0.3) is 27.8 Å². The van der Waals surface area contributed by atoms with Crippen LogP contribution in [0.2, 0.25) is 5.02 Å². The summed E-state index contributed by atoms with van der Waals surface area (Å²) in [5.41, 5.74) is 3.93. The number of aromatic nitrogens is 4. The molecule has 0 unspecified atom stereocenters. The standard InChI is InChI=1S/C26H22ClF2N7O/c1-34-4-6-35(7-5-34)23-12-19(29)13-36-14-22(30-24(23)36)25(37)33-26-31-20-3-2-15(10-21(20)32-26)16-8-17(27)11-18(28)9-16/h2-3,8-14H,4-7H2,1H3,(H2,31,32,33,37). The number of hydrogen-bond donors (Lipinski definition) is 2. The van der Waals surface area contributed by atoms with Gasteiger partial charge in [0, 0.05) is 49.7 Å². The van der Waals surface area contributed by atoms with Crippen molar-refractivity contribution < 1.29 is 13.6 Å². The number of H-pyrrole nitrogens is 1. The third-order valence-electron chi connectivity index (χ3n) is 6.49. The zero-order chi connectivity index (χ0) is 25.7. The van der Waals surface area contributed by atoms with E-state index in [0.717, 1.165) is 31.7 Å². The molecule has 1 aliphatic rings. The molecule has 2 aromatic carbocycles. The second-order valence-electron chi connectivity index (χ2n) is 9.12. The van der Waals surface area contributed by atoms with Gasteiger partial charge in [0.1, 0.15) is 17.3 Å². The monoisotopic (exact) mass is 521 g/mol. The first-order valence-corrected chi connectivity index (χ1v) is 12.1. The van der Waals surface area contributed by atoms with Gasteiger partial charge in [-0.2, -0.15) is 0 Å². The SMILES string of the molecule is CN1CCN(c2cc(F)cn3cc(C(=O)Nc4nc5cc(-c6cc(F)cc(Cl)c6)ccc5[nH]4)nc23)CC1. The molecule has 188 valence electrons.